The summed E-state index contributed by atoms with van der Waals surface area (Å²) in [7, 11) is 0. The summed E-state index contributed by atoms with van der Waals surface area (Å²) in [6.07, 6.45) is 5.26. The molecule has 1 atom stereocenters. The van der Waals surface area contributed by atoms with Crippen molar-refractivity contribution >= 4 is 0 Å². The third kappa shape index (κ3) is 2.64. The molecule has 0 radical (unpaired) electrons. The fraction of sp³-hybridized carbons (Fsp3) is 0.769. The molecule has 1 aromatic rings. The van der Waals surface area contributed by atoms with E-state index in [1.54, 1.807) is 0 Å². The lowest BCUT2D eigenvalue weighted by Gasteiger charge is -2.13. The van der Waals surface area contributed by atoms with Gasteiger partial charge in [0.1, 0.15) is 0 Å². The van der Waals surface area contributed by atoms with Crippen LogP contribution in [0.2, 0.25) is 0 Å². The largest absolute Gasteiger partial charge is 0.309 e. The van der Waals surface area contributed by atoms with Gasteiger partial charge in [-0.1, -0.05) is 33.1 Å². The van der Waals surface area contributed by atoms with E-state index in [0.29, 0.717) is 5.92 Å². The van der Waals surface area contributed by atoms with Crippen LogP contribution in [0.4, 0.5) is 0 Å². The lowest BCUT2D eigenvalue weighted by Crippen LogP contribution is -2.28. The van der Waals surface area contributed by atoms with Crippen LogP contribution in [0.5, 0.6) is 0 Å². The van der Waals surface area contributed by atoms with Crippen LogP contribution in [0.1, 0.15) is 56.8 Å². The molecule has 90 valence electrons. The number of rotatable bonds is 5. The van der Waals surface area contributed by atoms with Crippen molar-refractivity contribution in [2.75, 3.05) is 6.54 Å². The van der Waals surface area contributed by atoms with Gasteiger partial charge in [0.05, 0.1) is 17.9 Å². The predicted molar refractivity (Wildman–Crippen MR) is 66.5 cm³/mol. The average molecular weight is 221 g/mol. The molecule has 0 saturated carbocycles. The summed E-state index contributed by atoms with van der Waals surface area (Å²) < 4.78 is 2.17. The third-order valence-corrected chi connectivity index (χ3v) is 3.43. The van der Waals surface area contributed by atoms with E-state index in [0.717, 1.165) is 19.6 Å². The van der Waals surface area contributed by atoms with Crippen LogP contribution < -0.4 is 5.32 Å². The van der Waals surface area contributed by atoms with Crippen molar-refractivity contribution < 1.29 is 0 Å². The Kier molecular flexibility index (Phi) is 3.99. The van der Waals surface area contributed by atoms with E-state index < -0.39 is 0 Å². The standard InChI is InChI=1S/C13H23N3/c1-3-4-5-6-11(2)13-9-12-10-14-7-8-16(12)15-13/h9,11,14H,3-8,10H2,1-2H3. The molecule has 0 spiro atoms. The van der Waals surface area contributed by atoms with Crippen molar-refractivity contribution in [1.29, 1.82) is 0 Å². The van der Waals surface area contributed by atoms with Gasteiger partial charge < -0.3 is 5.32 Å². The van der Waals surface area contributed by atoms with Gasteiger partial charge in [-0.3, -0.25) is 4.68 Å². The topological polar surface area (TPSA) is 29.9 Å². The Morgan fingerprint density at radius 1 is 1.50 bits per heavy atom. The molecule has 0 aliphatic carbocycles. The van der Waals surface area contributed by atoms with E-state index in [1.807, 2.05) is 0 Å². The molecule has 1 N–H and O–H groups in total. The highest BCUT2D eigenvalue weighted by atomic mass is 15.3. The minimum absolute atomic E-state index is 0.615. The molecule has 1 unspecified atom stereocenters. The maximum absolute atomic E-state index is 4.71. The van der Waals surface area contributed by atoms with Crippen LogP contribution in [0, 0.1) is 0 Å². The first kappa shape index (κ1) is 11.6. The molecule has 1 aromatic heterocycles. The first-order valence-corrected chi connectivity index (χ1v) is 6.58. The van der Waals surface area contributed by atoms with Gasteiger partial charge in [0.25, 0.3) is 0 Å². The molecule has 1 aliphatic heterocycles. The molecule has 1 aliphatic rings. The van der Waals surface area contributed by atoms with Gasteiger partial charge in [0.15, 0.2) is 0 Å². The molecule has 0 fully saturated rings. The summed E-state index contributed by atoms with van der Waals surface area (Å²) in [6.45, 7) is 7.62. The molecule has 3 heteroatoms. The Morgan fingerprint density at radius 3 is 3.12 bits per heavy atom. The number of fused-ring (bicyclic) bond motifs is 1. The Morgan fingerprint density at radius 2 is 2.38 bits per heavy atom. The summed E-state index contributed by atoms with van der Waals surface area (Å²) in [4.78, 5) is 0. The molecule has 3 nitrogen and oxygen atoms in total. The second-order valence-corrected chi connectivity index (χ2v) is 4.86. The molecular weight excluding hydrogens is 198 g/mol. The van der Waals surface area contributed by atoms with Crippen LogP contribution in [-0.4, -0.2) is 16.3 Å². The van der Waals surface area contributed by atoms with Gasteiger partial charge in [-0.25, -0.2) is 0 Å². The van der Waals surface area contributed by atoms with Gasteiger partial charge in [-0.2, -0.15) is 5.10 Å². The quantitative estimate of drug-likeness (QED) is 0.775. The number of unbranched alkanes of at least 4 members (excludes halogenated alkanes) is 2. The van der Waals surface area contributed by atoms with Crippen molar-refractivity contribution in [3.8, 4) is 0 Å². The zero-order chi connectivity index (χ0) is 11.4. The molecule has 0 saturated heterocycles. The Labute approximate surface area is 98.2 Å². The second kappa shape index (κ2) is 5.48. The van der Waals surface area contributed by atoms with Crippen LogP contribution in [0.25, 0.3) is 0 Å². The molecule has 0 aromatic carbocycles. The fourth-order valence-electron chi connectivity index (χ4n) is 2.30. The Balaban J connectivity index is 1.95. The minimum atomic E-state index is 0.615. The maximum atomic E-state index is 4.71. The number of aromatic nitrogens is 2. The number of hydrogen-bond donors (Lipinski definition) is 1. The fourth-order valence-corrected chi connectivity index (χ4v) is 2.30. The van der Waals surface area contributed by atoms with E-state index in [-0.39, 0.29) is 0 Å². The minimum Gasteiger partial charge on any atom is -0.309 e. The summed E-state index contributed by atoms with van der Waals surface area (Å²) in [5.74, 6) is 0.615. The van der Waals surface area contributed by atoms with E-state index in [2.05, 4.69) is 29.9 Å². The van der Waals surface area contributed by atoms with Gasteiger partial charge in [0.2, 0.25) is 0 Å². The van der Waals surface area contributed by atoms with Crippen LogP contribution in [0.15, 0.2) is 6.07 Å². The van der Waals surface area contributed by atoms with Crippen molar-refractivity contribution in [2.45, 2.75) is 58.5 Å². The number of hydrogen-bond acceptors (Lipinski definition) is 2. The zero-order valence-corrected chi connectivity index (χ0v) is 10.5. The smallest absolute Gasteiger partial charge is 0.0656 e. The highest BCUT2D eigenvalue weighted by molar-refractivity contribution is 5.15. The first-order valence-electron chi connectivity index (χ1n) is 6.58. The van der Waals surface area contributed by atoms with Gasteiger partial charge in [-0.05, 0) is 12.5 Å². The van der Waals surface area contributed by atoms with Gasteiger partial charge in [-0.15, -0.1) is 0 Å². The first-order chi connectivity index (χ1) is 7.81. The van der Waals surface area contributed by atoms with E-state index in [9.17, 15) is 0 Å². The third-order valence-electron chi connectivity index (χ3n) is 3.43. The maximum Gasteiger partial charge on any atom is 0.0656 e. The highest BCUT2D eigenvalue weighted by Crippen LogP contribution is 2.22. The van der Waals surface area contributed by atoms with Crippen molar-refractivity contribution in [1.82, 2.24) is 15.1 Å². The normalized spacial score (nSPS) is 17.1. The van der Waals surface area contributed by atoms with Crippen LogP contribution >= 0.6 is 0 Å². The van der Waals surface area contributed by atoms with Crippen molar-refractivity contribution in [2.24, 2.45) is 0 Å². The van der Waals surface area contributed by atoms with Gasteiger partial charge >= 0.3 is 0 Å². The second-order valence-electron chi connectivity index (χ2n) is 4.86. The number of nitrogens with one attached hydrogen (secondary N) is 1. The molecular formula is C13H23N3. The lowest BCUT2D eigenvalue weighted by atomic mass is 10.00. The Hall–Kier alpha value is -0.830. The predicted octanol–water partition coefficient (Wildman–Crippen LogP) is 2.67. The lowest BCUT2D eigenvalue weighted by molar-refractivity contribution is 0.469. The summed E-state index contributed by atoms with van der Waals surface area (Å²) in [5.41, 5.74) is 2.64. The van der Waals surface area contributed by atoms with Crippen molar-refractivity contribution in [3.63, 3.8) is 0 Å². The monoisotopic (exact) mass is 221 g/mol. The van der Waals surface area contributed by atoms with E-state index in [1.165, 1.54) is 37.1 Å². The SMILES string of the molecule is CCCCCC(C)c1cc2n(n1)CCNC2. The molecule has 16 heavy (non-hydrogen) atoms. The molecule has 0 bridgehead atoms. The highest BCUT2D eigenvalue weighted by Gasteiger charge is 2.15. The summed E-state index contributed by atoms with van der Waals surface area (Å²) >= 11 is 0. The summed E-state index contributed by atoms with van der Waals surface area (Å²) in [5, 5.41) is 8.09. The van der Waals surface area contributed by atoms with E-state index >= 15 is 0 Å². The van der Waals surface area contributed by atoms with Crippen molar-refractivity contribution in [3.05, 3.63) is 17.5 Å². The molecule has 2 rings (SSSR count). The summed E-state index contributed by atoms with van der Waals surface area (Å²) in [6, 6.07) is 2.28. The average Bonchev–Trinajstić information content (AvgIpc) is 2.73. The zero-order valence-electron chi connectivity index (χ0n) is 10.5. The van der Waals surface area contributed by atoms with Gasteiger partial charge in [0, 0.05) is 19.0 Å². The molecule has 2 heterocycles. The Bertz CT molecular complexity index is 306. The van der Waals surface area contributed by atoms with Crippen LogP contribution in [-0.2, 0) is 13.1 Å². The number of nitrogens with zero attached hydrogens (tertiary/aromatic N) is 2. The van der Waals surface area contributed by atoms with E-state index in [4.69, 9.17) is 5.10 Å². The molecule has 0 amide bonds. The van der Waals surface area contributed by atoms with Crippen LogP contribution in [0.3, 0.4) is 0 Å².